The van der Waals surface area contributed by atoms with E-state index in [4.69, 9.17) is 9.52 Å². The first-order chi connectivity index (χ1) is 11.1. The molecule has 0 amide bonds. The highest BCUT2D eigenvalue weighted by Crippen LogP contribution is 2.35. The van der Waals surface area contributed by atoms with Gasteiger partial charge in [-0.2, -0.15) is 12.6 Å². The highest BCUT2D eigenvalue weighted by atomic mass is 32.1. The lowest BCUT2D eigenvalue weighted by molar-refractivity contribution is -0.136. The number of carbonyl (C=O) groups is 1. The maximum Gasteiger partial charge on any atom is 0.325 e. The van der Waals surface area contributed by atoms with Crippen molar-refractivity contribution in [3.63, 3.8) is 0 Å². The number of aliphatic carboxylic acids is 1. The lowest BCUT2D eigenvalue weighted by Gasteiger charge is -2.02. The molecule has 1 unspecified atom stereocenters. The quantitative estimate of drug-likeness (QED) is 0.699. The summed E-state index contributed by atoms with van der Waals surface area (Å²) < 4.78 is 5.75. The zero-order chi connectivity index (χ0) is 16.4. The Kier molecular flexibility index (Phi) is 4.21. The summed E-state index contributed by atoms with van der Waals surface area (Å²) >= 11 is 4.06. The molecule has 0 fully saturated rings. The minimum Gasteiger partial charge on any atom is -0.480 e. The van der Waals surface area contributed by atoms with Gasteiger partial charge in [-0.05, 0) is 6.92 Å². The average molecular weight is 325 g/mol. The van der Waals surface area contributed by atoms with E-state index in [9.17, 15) is 4.79 Å². The largest absolute Gasteiger partial charge is 0.480 e. The van der Waals surface area contributed by atoms with E-state index in [0.717, 1.165) is 16.7 Å². The maximum atomic E-state index is 11.2. The Morgan fingerprint density at radius 1 is 1.09 bits per heavy atom. The molecule has 1 heterocycles. The van der Waals surface area contributed by atoms with Crippen LogP contribution in [0.4, 0.5) is 0 Å². The number of hydrogen-bond acceptors (Lipinski definition) is 4. The van der Waals surface area contributed by atoms with Crippen LogP contribution in [-0.4, -0.2) is 16.1 Å². The number of thiol groups is 1. The van der Waals surface area contributed by atoms with Gasteiger partial charge >= 0.3 is 5.97 Å². The summed E-state index contributed by atoms with van der Waals surface area (Å²) in [4.78, 5) is 15.5. The smallest absolute Gasteiger partial charge is 0.325 e. The lowest BCUT2D eigenvalue weighted by atomic mass is 10.0. The molecule has 0 radical (unpaired) electrons. The number of carboxylic acids is 1. The SMILES string of the molecule is Cc1ccc(-c2oc(C(S)C(=O)O)nc2-c2ccccc2)cc1. The fourth-order valence-corrected chi connectivity index (χ4v) is 2.36. The number of aryl methyl sites for hydroxylation is 1. The van der Waals surface area contributed by atoms with Crippen LogP contribution in [0.25, 0.3) is 22.6 Å². The number of rotatable bonds is 4. The van der Waals surface area contributed by atoms with Gasteiger partial charge in [-0.25, -0.2) is 4.98 Å². The molecule has 3 rings (SSSR count). The van der Waals surface area contributed by atoms with Gasteiger partial charge in [0.15, 0.2) is 11.0 Å². The first-order valence-electron chi connectivity index (χ1n) is 7.10. The molecule has 2 aromatic carbocycles. The third-order valence-electron chi connectivity index (χ3n) is 3.47. The molecule has 0 saturated carbocycles. The molecule has 3 aromatic rings. The Morgan fingerprint density at radius 3 is 2.35 bits per heavy atom. The van der Waals surface area contributed by atoms with E-state index in [-0.39, 0.29) is 5.89 Å². The van der Waals surface area contributed by atoms with Gasteiger partial charge in [0.25, 0.3) is 0 Å². The Labute approximate surface area is 139 Å². The van der Waals surface area contributed by atoms with E-state index in [1.807, 2.05) is 61.5 Å². The Bertz CT molecular complexity index is 825. The molecule has 1 N–H and O–H groups in total. The highest BCUT2D eigenvalue weighted by Gasteiger charge is 2.25. The van der Waals surface area contributed by atoms with Crippen LogP contribution in [0.15, 0.2) is 59.0 Å². The summed E-state index contributed by atoms with van der Waals surface area (Å²) in [6, 6.07) is 17.3. The normalized spacial score (nSPS) is 12.1. The first-order valence-corrected chi connectivity index (χ1v) is 7.62. The minimum atomic E-state index is -1.10. The van der Waals surface area contributed by atoms with E-state index in [0.29, 0.717) is 11.5 Å². The van der Waals surface area contributed by atoms with E-state index < -0.39 is 11.2 Å². The molecule has 0 spiro atoms. The Balaban J connectivity index is 2.16. The molecule has 5 heteroatoms. The molecule has 0 bridgehead atoms. The van der Waals surface area contributed by atoms with Crippen LogP contribution in [0.5, 0.6) is 0 Å². The third kappa shape index (κ3) is 3.14. The van der Waals surface area contributed by atoms with Crippen molar-refractivity contribution in [3.05, 3.63) is 66.1 Å². The van der Waals surface area contributed by atoms with Gasteiger partial charge in [0.05, 0.1) is 0 Å². The second-order valence-corrected chi connectivity index (χ2v) is 5.72. The van der Waals surface area contributed by atoms with Gasteiger partial charge in [0.2, 0.25) is 5.89 Å². The summed E-state index contributed by atoms with van der Waals surface area (Å²) in [6.07, 6.45) is 0. The predicted octanol–water partition coefficient (Wildman–Crippen LogP) is 4.37. The van der Waals surface area contributed by atoms with Gasteiger partial charge in [-0.3, -0.25) is 4.79 Å². The van der Waals surface area contributed by atoms with E-state index >= 15 is 0 Å². The van der Waals surface area contributed by atoms with Gasteiger partial charge < -0.3 is 9.52 Å². The number of oxazole rings is 1. The van der Waals surface area contributed by atoms with Crippen molar-refractivity contribution in [3.8, 4) is 22.6 Å². The van der Waals surface area contributed by atoms with Crippen molar-refractivity contribution in [1.29, 1.82) is 0 Å². The second-order valence-electron chi connectivity index (χ2n) is 5.20. The van der Waals surface area contributed by atoms with Crippen LogP contribution >= 0.6 is 12.6 Å². The molecule has 0 aliphatic rings. The summed E-state index contributed by atoms with van der Waals surface area (Å²) in [5, 5.41) is 8.04. The number of carboxylic acid groups (broad SMARTS) is 1. The van der Waals surface area contributed by atoms with Crippen molar-refractivity contribution >= 4 is 18.6 Å². The van der Waals surface area contributed by atoms with E-state index in [1.165, 1.54) is 0 Å². The molecule has 0 aliphatic carbocycles. The predicted molar refractivity (Wildman–Crippen MR) is 91.5 cm³/mol. The average Bonchev–Trinajstić information content (AvgIpc) is 3.00. The fourth-order valence-electron chi connectivity index (χ4n) is 2.25. The number of hydrogen-bond donors (Lipinski definition) is 2. The number of nitrogens with zero attached hydrogens (tertiary/aromatic N) is 1. The van der Waals surface area contributed by atoms with Gasteiger partial charge in [-0.1, -0.05) is 60.2 Å². The molecular weight excluding hydrogens is 310 g/mol. The van der Waals surface area contributed by atoms with Crippen LogP contribution in [0.1, 0.15) is 16.7 Å². The second kappa shape index (κ2) is 6.30. The Morgan fingerprint density at radius 2 is 1.74 bits per heavy atom. The topological polar surface area (TPSA) is 63.3 Å². The van der Waals surface area contributed by atoms with Crippen LogP contribution in [0, 0.1) is 6.92 Å². The van der Waals surface area contributed by atoms with E-state index in [1.54, 1.807) is 0 Å². The standard InChI is InChI=1S/C18H15NO3S/c1-11-7-9-13(10-8-11)15-14(12-5-3-2-4-6-12)19-17(22-15)16(23)18(20)21/h2-10,16,23H,1H3,(H,20,21). The third-order valence-corrected chi connectivity index (χ3v) is 3.91. The summed E-state index contributed by atoms with van der Waals surface area (Å²) in [5.41, 5.74) is 3.46. The van der Waals surface area contributed by atoms with Crippen molar-refractivity contribution in [2.24, 2.45) is 0 Å². The molecule has 0 aliphatic heterocycles. The van der Waals surface area contributed by atoms with E-state index in [2.05, 4.69) is 17.6 Å². The molecule has 1 atom stereocenters. The van der Waals surface area contributed by atoms with Crippen molar-refractivity contribution < 1.29 is 14.3 Å². The van der Waals surface area contributed by atoms with Crippen LogP contribution in [-0.2, 0) is 4.79 Å². The molecule has 4 nitrogen and oxygen atoms in total. The number of aromatic nitrogens is 1. The summed E-state index contributed by atoms with van der Waals surface area (Å²) in [7, 11) is 0. The summed E-state index contributed by atoms with van der Waals surface area (Å²) in [5.74, 6) is -0.466. The molecule has 116 valence electrons. The molecular formula is C18H15NO3S. The minimum absolute atomic E-state index is 0.0789. The lowest BCUT2D eigenvalue weighted by Crippen LogP contribution is -2.05. The van der Waals surface area contributed by atoms with Gasteiger partial charge in [0.1, 0.15) is 5.69 Å². The zero-order valence-electron chi connectivity index (χ0n) is 12.4. The van der Waals surface area contributed by atoms with Crippen LogP contribution in [0.2, 0.25) is 0 Å². The zero-order valence-corrected chi connectivity index (χ0v) is 13.3. The van der Waals surface area contributed by atoms with Crippen molar-refractivity contribution in [2.45, 2.75) is 12.2 Å². The maximum absolute atomic E-state index is 11.2. The molecule has 1 aromatic heterocycles. The van der Waals surface area contributed by atoms with Crippen LogP contribution < -0.4 is 0 Å². The highest BCUT2D eigenvalue weighted by molar-refractivity contribution is 7.81. The Hall–Kier alpha value is -2.53. The molecule has 23 heavy (non-hydrogen) atoms. The first kappa shape index (κ1) is 15.4. The number of benzene rings is 2. The van der Waals surface area contributed by atoms with Gasteiger partial charge in [0, 0.05) is 11.1 Å². The fraction of sp³-hybridized carbons (Fsp3) is 0.111. The van der Waals surface area contributed by atoms with Crippen molar-refractivity contribution in [1.82, 2.24) is 4.98 Å². The molecule has 0 saturated heterocycles. The van der Waals surface area contributed by atoms with Crippen molar-refractivity contribution in [2.75, 3.05) is 0 Å². The monoisotopic (exact) mass is 325 g/mol. The van der Waals surface area contributed by atoms with Crippen LogP contribution in [0.3, 0.4) is 0 Å². The van der Waals surface area contributed by atoms with Gasteiger partial charge in [-0.15, -0.1) is 0 Å². The summed E-state index contributed by atoms with van der Waals surface area (Å²) in [6.45, 7) is 2.00.